The number of nitrogens with one attached hydrogen (secondary N) is 1. The number of nitrogens with zero attached hydrogens (tertiary/aromatic N) is 2. The summed E-state index contributed by atoms with van der Waals surface area (Å²) >= 11 is 3.46. The molecular weight excluding hydrogens is 646 g/mol. The Morgan fingerprint density at radius 3 is 2.18 bits per heavy atom. The summed E-state index contributed by atoms with van der Waals surface area (Å²) in [5.41, 5.74) is 1.94. The first kappa shape index (κ1) is 33.3. The van der Waals surface area contributed by atoms with Crippen LogP contribution in [-0.2, 0) is 32.6 Å². The molecule has 0 heterocycles. The van der Waals surface area contributed by atoms with Gasteiger partial charge in [0, 0.05) is 29.5 Å². The maximum atomic E-state index is 14.3. The van der Waals surface area contributed by atoms with Gasteiger partial charge in [0.1, 0.15) is 12.6 Å². The molecule has 11 heteroatoms. The van der Waals surface area contributed by atoms with E-state index >= 15 is 0 Å². The van der Waals surface area contributed by atoms with Crippen molar-refractivity contribution >= 4 is 43.5 Å². The molecule has 4 rings (SSSR count). The number of carbonyl (C=O) groups is 2. The molecule has 0 radical (unpaired) electrons. The van der Waals surface area contributed by atoms with E-state index in [0.29, 0.717) is 11.5 Å². The van der Waals surface area contributed by atoms with Crippen LogP contribution >= 0.6 is 15.9 Å². The second kappa shape index (κ2) is 15.4. The molecule has 2 amide bonds. The number of ether oxygens (including phenoxy) is 2. The van der Waals surface area contributed by atoms with Gasteiger partial charge in [0.2, 0.25) is 21.8 Å². The van der Waals surface area contributed by atoms with E-state index in [2.05, 4.69) is 21.2 Å². The lowest BCUT2D eigenvalue weighted by Crippen LogP contribution is -2.55. The summed E-state index contributed by atoms with van der Waals surface area (Å²) < 4.78 is 38.8. The van der Waals surface area contributed by atoms with Crippen LogP contribution in [0.2, 0.25) is 0 Å². The number of anilines is 1. The molecule has 44 heavy (non-hydrogen) atoms. The molecule has 0 aliphatic heterocycles. The summed E-state index contributed by atoms with van der Waals surface area (Å²) in [5, 5.41) is 3.21. The van der Waals surface area contributed by atoms with Crippen LogP contribution in [0.1, 0.15) is 43.2 Å². The van der Waals surface area contributed by atoms with E-state index < -0.39 is 28.5 Å². The molecule has 1 aliphatic rings. The fourth-order valence-corrected chi connectivity index (χ4v) is 6.58. The monoisotopic (exact) mass is 685 g/mol. The number of hydrogen-bond donors (Lipinski definition) is 1. The third-order valence-corrected chi connectivity index (χ3v) is 9.49. The van der Waals surface area contributed by atoms with Crippen LogP contribution in [0.15, 0.2) is 77.3 Å². The van der Waals surface area contributed by atoms with Crippen LogP contribution < -0.4 is 19.1 Å². The smallest absolute Gasteiger partial charge is 0.244 e. The minimum atomic E-state index is -3.91. The fraction of sp³-hybridized carbons (Fsp3) is 0.394. The molecule has 0 spiro atoms. The maximum Gasteiger partial charge on any atom is 0.244 e. The summed E-state index contributed by atoms with van der Waals surface area (Å²) in [6.07, 6.45) is 6.35. The van der Waals surface area contributed by atoms with Crippen molar-refractivity contribution in [1.82, 2.24) is 10.2 Å². The van der Waals surface area contributed by atoms with Crippen LogP contribution in [0.4, 0.5) is 5.69 Å². The highest BCUT2D eigenvalue weighted by molar-refractivity contribution is 9.10. The Balaban J connectivity index is 1.73. The summed E-state index contributed by atoms with van der Waals surface area (Å²) in [6, 6.07) is 20.9. The van der Waals surface area contributed by atoms with E-state index in [4.69, 9.17) is 9.47 Å². The topological polar surface area (TPSA) is 105 Å². The molecule has 1 aliphatic carbocycles. The first-order valence-electron chi connectivity index (χ1n) is 14.7. The number of carbonyl (C=O) groups excluding carboxylic acids is 2. The number of halogens is 1. The van der Waals surface area contributed by atoms with E-state index in [1.54, 1.807) is 12.1 Å². The molecule has 1 N–H and O–H groups in total. The Hall–Kier alpha value is -3.57. The lowest BCUT2D eigenvalue weighted by molar-refractivity contribution is -0.140. The Bertz CT molecular complexity index is 1510. The molecule has 1 atom stereocenters. The second-order valence-corrected chi connectivity index (χ2v) is 13.8. The Labute approximate surface area is 268 Å². The van der Waals surface area contributed by atoms with Gasteiger partial charge in [-0.25, -0.2) is 8.42 Å². The van der Waals surface area contributed by atoms with Gasteiger partial charge in [-0.05, 0) is 48.2 Å². The Morgan fingerprint density at radius 1 is 0.909 bits per heavy atom. The second-order valence-electron chi connectivity index (χ2n) is 11.0. The largest absolute Gasteiger partial charge is 0.493 e. The Kier molecular flexibility index (Phi) is 11.7. The summed E-state index contributed by atoms with van der Waals surface area (Å²) in [4.78, 5) is 29.9. The van der Waals surface area contributed by atoms with Gasteiger partial charge >= 0.3 is 0 Å². The van der Waals surface area contributed by atoms with Crippen LogP contribution in [-0.4, -0.2) is 64.2 Å². The number of sulfonamides is 1. The normalized spacial score (nSPS) is 14.4. The predicted octanol–water partition coefficient (Wildman–Crippen LogP) is 5.32. The van der Waals surface area contributed by atoms with Gasteiger partial charge in [0.15, 0.2) is 11.5 Å². The van der Waals surface area contributed by atoms with Crippen molar-refractivity contribution in [2.45, 2.75) is 57.2 Å². The van der Waals surface area contributed by atoms with Crippen molar-refractivity contribution in [3.63, 3.8) is 0 Å². The van der Waals surface area contributed by atoms with Gasteiger partial charge in [-0.1, -0.05) is 77.7 Å². The first-order chi connectivity index (χ1) is 21.1. The van der Waals surface area contributed by atoms with Crippen molar-refractivity contribution in [1.29, 1.82) is 0 Å². The first-order valence-corrected chi connectivity index (χ1v) is 17.3. The van der Waals surface area contributed by atoms with Crippen LogP contribution in [0.25, 0.3) is 0 Å². The van der Waals surface area contributed by atoms with Gasteiger partial charge in [0.05, 0.1) is 26.2 Å². The molecule has 0 aromatic heterocycles. The predicted molar refractivity (Wildman–Crippen MR) is 175 cm³/mol. The van der Waals surface area contributed by atoms with Gasteiger partial charge in [-0.3, -0.25) is 13.9 Å². The SMILES string of the molecule is COc1ccc(N(CC(=O)N(Cc2ccc(Br)cc2)[C@H](Cc2ccccc2)C(=O)NC2CCCCC2)S(C)(=O)=O)cc1OC. The molecule has 3 aromatic carbocycles. The third kappa shape index (κ3) is 8.98. The van der Waals surface area contributed by atoms with Crippen LogP contribution in [0, 0.1) is 0 Å². The van der Waals surface area contributed by atoms with E-state index in [9.17, 15) is 18.0 Å². The molecule has 0 unspecified atom stereocenters. The number of hydrogen-bond acceptors (Lipinski definition) is 6. The number of methoxy groups -OCH3 is 2. The van der Waals surface area contributed by atoms with Gasteiger partial charge in [-0.2, -0.15) is 0 Å². The van der Waals surface area contributed by atoms with E-state index in [1.165, 1.54) is 25.2 Å². The average Bonchev–Trinajstić information content (AvgIpc) is 3.02. The summed E-state index contributed by atoms with van der Waals surface area (Å²) in [7, 11) is -0.973. The van der Waals surface area contributed by atoms with Crippen molar-refractivity contribution in [2.75, 3.05) is 31.3 Å². The van der Waals surface area contributed by atoms with Crippen molar-refractivity contribution in [3.8, 4) is 11.5 Å². The molecule has 1 fully saturated rings. The van der Waals surface area contributed by atoms with E-state index in [0.717, 1.165) is 58.3 Å². The zero-order chi connectivity index (χ0) is 31.7. The highest BCUT2D eigenvalue weighted by Crippen LogP contribution is 2.32. The molecule has 0 saturated heterocycles. The highest BCUT2D eigenvalue weighted by atomic mass is 79.9. The van der Waals surface area contributed by atoms with Crippen LogP contribution in [0.3, 0.4) is 0 Å². The fourth-order valence-electron chi connectivity index (χ4n) is 5.48. The van der Waals surface area contributed by atoms with Gasteiger partial charge in [0.25, 0.3) is 0 Å². The zero-order valence-corrected chi connectivity index (χ0v) is 27.8. The van der Waals surface area contributed by atoms with E-state index in [1.807, 2.05) is 54.6 Å². The molecule has 3 aromatic rings. The number of benzene rings is 3. The molecule has 1 saturated carbocycles. The van der Waals surface area contributed by atoms with Gasteiger partial charge < -0.3 is 19.7 Å². The standard InChI is InChI=1S/C33H40BrN3O6S/c1-42-30-19-18-28(21-31(30)43-2)37(44(3,40)41)23-32(38)36(22-25-14-16-26(34)17-15-25)29(20-24-10-6-4-7-11-24)33(39)35-27-12-8-5-9-13-27/h4,6-7,10-11,14-19,21,27,29H,5,8-9,12-13,20,22-23H2,1-3H3,(H,35,39)/t29-/m1/s1. The summed E-state index contributed by atoms with van der Waals surface area (Å²) in [5.74, 6) is -0.00192. The van der Waals surface area contributed by atoms with Crippen molar-refractivity contribution in [3.05, 3.63) is 88.4 Å². The highest BCUT2D eigenvalue weighted by Gasteiger charge is 2.34. The van der Waals surface area contributed by atoms with Gasteiger partial charge in [-0.15, -0.1) is 0 Å². The molecule has 9 nitrogen and oxygen atoms in total. The van der Waals surface area contributed by atoms with Crippen LogP contribution in [0.5, 0.6) is 11.5 Å². The molecular formula is C33H40BrN3O6S. The van der Waals surface area contributed by atoms with E-state index in [-0.39, 0.29) is 30.6 Å². The average molecular weight is 687 g/mol. The third-order valence-electron chi connectivity index (χ3n) is 7.82. The molecule has 236 valence electrons. The van der Waals surface area contributed by atoms with Crippen molar-refractivity contribution < 1.29 is 27.5 Å². The minimum Gasteiger partial charge on any atom is -0.493 e. The number of amides is 2. The number of rotatable bonds is 13. The molecule has 0 bridgehead atoms. The van der Waals surface area contributed by atoms with Crippen molar-refractivity contribution in [2.24, 2.45) is 0 Å². The lowest BCUT2D eigenvalue weighted by atomic mass is 9.94. The lowest BCUT2D eigenvalue weighted by Gasteiger charge is -2.35. The zero-order valence-electron chi connectivity index (χ0n) is 25.4. The summed E-state index contributed by atoms with van der Waals surface area (Å²) in [6.45, 7) is -0.391. The maximum absolute atomic E-state index is 14.3. The quantitative estimate of drug-likeness (QED) is 0.261. The Morgan fingerprint density at radius 2 is 1.57 bits per heavy atom. The minimum absolute atomic E-state index is 0.0402.